The monoisotopic (exact) mass is 349 g/mol. The zero-order valence-electron chi connectivity index (χ0n) is 13.9. The topological polar surface area (TPSA) is 85.5 Å². The van der Waals surface area contributed by atoms with Crippen molar-refractivity contribution in [1.29, 1.82) is 0 Å². The largest absolute Gasteiger partial charge is 0.496 e. The second kappa shape index (κ2) is 6.64. The second-order valence-electron chi connectivity index (χ2n) is 5.30. The minimum atomic E-state index is -0.118. The van der Waals surface area contributed by atoms with Crippen LogP contribution in [0.3, 0.4) is 0 Å². The quantitative estimate of drug-likeness (QED) is 0.882. The molecular weight excluding hydrogens is 330 g/mol. The van der Waals surface area contributed by atoms with E-state index >= 15 is 0 Å². The van der Waals surface area contributed by atoms with E-state index in [9.17, 15) is 4.79 Å². The van der Waals surface area contributed by atoms with Crippen LogP contribution in [0.5, 0.6) is 17.2 Å². The van der Waals surface area contributed by atoms with E-state index in [0.29, 0.717) is 28.8 Å². The Morgan fingerprint density at radius 3 is 2.46 bits per heavy atom. The predicted molar refractivity (Wildman–Crippen MR) is 92.4 cm³/mol. The number of amides is 1. The van der Waals surface area contributed by atoms with E-state index in [0.717, 1.165) is 16.8 Å². The molecule has 1 aromatic carbocycles. The number of hydrogen-bond donors (Lipinski definition) is 2. The molecule has 128 valence electrons. The summed E-state index contributed by atoms with van der Waals surface area (Å²) >= 11 is 1.52. The Bertz CT molecular complexity index is 775. The van der Waals surface area contributed by atoms with Gasteiger partial charge in [-0.05, 0) is 13.0 Å². The lowest BCUT2D eigenvalue weighted by Gasteiger charge is -2.20. The van der Waals surface area contributed by atoms with Crippen LogP contribution in [-0.2, 0) is 4.79 Å². The van der Waals surface area contributed by atoms with Crippen LogP contribution >= 0.6 is 11.8 Å². The second-order valence-corrected chi connectivity index (χ2v) is 6.39. The third-order valence-corrected chi connectivity index (χ3v) is 5.17. The molecule has 2 aromatic rings. The van der Waals surface area contributed by atoms with Gasteiger partial charge in [0.15, 0.2) is 17.3 Å². The van der Waals surface area contributed by atoms with Crippen LogP contribution in [0.2, 0.25) is 0 Å². The van der Waals surface area contributed by atoms with E-state index in [1.165, 1.54) is 11.8 Å². The average Bonchev–Trinajstić information content (AvgIpc) is 2.85. The van der Waals surface area contributed by atoms with Gasteiger partial charge in [-0.15, -0.1) is 11.8 Å². The molecule has 0 saturated heterocycles. The minimum absolute atomic E-state index is 0.0744. The number of aromatic nitrogens is 2. The number of rotatable bonds is 4. The Morgan fingerprint density at radius 1 is 1.12 bits per heavy atom. The maximum atomic E-state index is 11.9. The molecule has 1 aliphatic rings. The molecule has 0 saturated carbocycles. The Labute approximate surface area is 144 Å². The molecule has 8 heteroatoms. The van der Waals surface area contributed by atoms with E-state index in [-0.39, 0.29) is 11.2 Å². The highest BCUT2D eigenvalue weighted by molar-refractivity contribution is 8.00. The fourth-order valence-corrected chi connectivity index (χ4v) is 3.98. The number of thioether (sulfide) groups is 1. The molecular formula is C16H19N3O4S. The number of hydrogen-bond acceptors (Lipinski definition) is 6. The number of carbonyl (C=O) groups is 1. The number of anilines is 1. The van der Waals surface area contributed by atoms with E-state index < -0.39 is 0 Å². The summed E-state index contributed by atoms with van der Waals surface area (Å²) in [7, 11) is 4.78. The van der Waals surface area contributed by atoms with Crippen LogP contribution in [0.25, 0.3) is 0 Å². The summed E-state index contributed by atoms with van der Waals surface area (Å²) < 4.78 is 16.3. The fourth-order valence-electron chi connectivity index (χ4n) is 2.77. The lowest BCUT2D eigenvalue weighted by Crippen LogP contribution is -2.12. The summed E-state index contributed by atoms with van der Waals surface area (Å²) in [6, 6.07) is 3.69. The predicted octanol–water partition coefficient (Wildman–Crippen LogP) is 2.52. The van der Waals surface area contributed by atoms with Gasteiger partial charge in [0.1, 0.15) is 5.75 Å². The van der Waals surface area contributed by atoms with Crippen LogP contribution in [0.1, 0.15) is 22.1 Å². The first-order valence-electron chi connectivity index (χ1n) is 7.35. The molecule has 0 spiro atoms. The van der Waals surface area contributed by atoms with Crippen molar-refractivity contribution in [3.63, 3.8) is 0 Å². The van der Waals surface area contributed by atoms with Gasteiger partial charge in [-0.25, -0.2) is 0 Å². The van der Waals surface area contributed by atoms with E-state index in [1.54, 1.807) is 27.4 Å². The number of fused-ring (bicyclic) bond motifs is 1. The van der Waals surface area contributed by atoms with E-state index in [1.807, 2.05) is 13.0 Å². The van der Waals surface area contributed by atoms with E-state index in [2.05, 4.69) is 15.5 Å². The van der Waals surface area contributed by atoms with Gasteiger partial charge < -0.3 is 19.5 Å². The first-order valence-corrected chi connectivity index (χ1v) is 8.40. The molecule has 0 bridgehead atoms. The van der Waals surface area contributed by atoms with Gasteiger partial charge in [0.2, 0.25) is 5.91 Å². The third kappa shape index (κ3) is 2.77. The number of H-pyrrole nitrogens is 1. The van der Waals surface area contributed by atoms with Crippen LogP contribution in [0.15, 0.2) is 12.1 Å². The number of ether oxygens (including phenoxy) is 3. The van der Waals surface area contributed by atoms with Gasteiger partial charge in [-0.3, -0.25) is 9.89 Å². The van der Waals surface area contributed by atoms with Gasteiger partial charge in [0.25, 0.3) is 0 Å². The minimum Gasteiger partial charge on any atom is -0.496 e. The molecule has 1 aliphatic heterocycles. The number of nitrogens with one attached hydrogen (secondary N) is 2. The van der Waals surface area contributed by atoms with Gasteiger partial charge >= 0.3 is 0 Å². The molecule has 7 nitrogen and oxygen atoms in total. The highest BCUT2D eigenvalue weighted by Crippen LogP contribution is 2.48. The standard InChI is InChI=1S/C16H19N3O4S/c1-8-14-15(24-7-13(20)17-16(14)19-18-8)9-5-11(22-3)12(23-4)6-10(9)21-2/h5-6,15H,7H2,1-4H3,(H2,17,18,19,20). The Kier molecular flexibility index (Phi) is 4.57. The summed E-state index contributed by atoms with van der Waals surface area (Å²) in [5, 5.41) is 9.86. The van der Waals surface area contributed by atoms with Crippen molar-refractivity contribution < 1.29 is 19.0 Å². The van der Waals surface area contributed by atoms with Crippen molar-refractivity contribution >= 4 is 23.5 Å². The fraction of sp³-hybridized carbons (Fsp3) is 0.375. The zero-order chi connectivity index (χ0) is 17.3. The summed E-state index contributed by atoms with van der Waals surface area (Å²) in [5.41, 5.74) is 2.75. The molecule has 1 amide bonds. The average molecular weight is 349 g/mol. The normalized spacial score (nSPS) is 16.8. The van der Waals surface area contributed by atoms with Gasteiger partial charge in [0.05, 0.1) is 32.3 Å². The van der Waals surface area contributed by atoms with Crippen LogP contribution in [0.4, 0.5) is 5.82 Å². The van der Waals surface area contributed by atoms with Crippen molar-refractivity contribution in [2.45, 2.75) is 12.2 Å². The lowest BCUT2D eigenvalue weighted by molar-refractivity contribution is -0.113. The Hall–Kier alpha value is -2.35. The Balaban J connectivity index is 2.17. The highest BCUT2D eigenvalue weighted by Gasteiger charge is 2.31. The number of nitrogens with zero attached hydrogens (tertiary/aromatic N) is 1. The first-order chi connectivity index (χ1) is 11.6. The van der Waals surface area contributed by atoms with Crippen LogP contribution < -0.4 is 19.5 Å². The number of benzene rings is 1. The zero-order valence-corrected chi connectivity index (χ0v) is 14.7. The molecule has 2 heterocycles. The van der Waals surface area contributed by atoms with Gasteiger partial charge in [-0.1, -0.05) is 0 Å². The number of methoxy groups -OCH3 is 3. The molecule has 1 aromatic heterocycles. The SMILES string of the molecule is COc1cc(OC)c(C2SCC(=O)Nc3n[nH]c(C)c32)cc1OC. The van der Waals surface area contributed by atoms with Gasteiger partial charge in [-0.2, -0.15) is 5.10 Å². The highest BCUT2D eigenvalue weighted by atomic mass is 32.2. The van der Waals surface area contributed by atoms with Crippen molar-refractivity contribution in [2.75, 3.05) is 32.4 Å². The van der Waals surface area contributed by atoms with Crippen LogP contribution in [-0.4, -0.2) is 43.2 Å². The molecule has 24 heavy (non-hydrogen) atoms. The molecule has 1 unspecified atom stereocenters. The van der Waals surface area contributed by atoms with Crippen LogP contribution in [0, 0.1) is 6.92 Å². The maximum Gasteiger partial charge on any atom is 0.235 e. The lowest BCUT2D eigenvalue weighted by atomic mass is 10.0. The number of aryl methyl sites for hydroxylation is 1. The van der Waals surface area contributed by atoms with Crippen molar-refractivity contribution in [1.82, 2.24) is 10.2 Å². The molecule has 0 aliphatic carbocycles. The number of aromatic amines is 1. The number of carbonyl (C=O) groups excluding carboxylic acids is 1. The van der Waals surface area contributed by atoms with Crippen molar-refractivity contribution in [3.8, 4) is 17.2 Å². The van der Waals surface area contributed by atoms with Crippen molar-refractivity contribution in [2.24, 2.45) is 0 Å². The third-order valence-electron chi connectivity index (χ3n) is 3.91. The molecule has 2 N–H and O–H groups in total. The molecule has 0 fully saturated rings. The maximum absolute atomic E-state index is 11.9. The first kappa shape index (κ1) is 16.5. The summed E-state index contributed by atoms with van der Waals surface area (Å²) in [6.07, 6.45) is 0. The van der Waals surface area contributed by atoms with E-state index in [4.69, 9.17) is 14.2 Å². The molecule has 0 radical (unpaired) electrons. The van der Waals surface area contributed by atoms with Crippen molar-refractivity contribution in [3.05, 3.63) is 29.0 Å². The summed E-state index contributed by atoms with van der Waals surface area (Å²) in [6.45, 7) is 1.93. The summed E-state index contributed by atoms with van der Waals surface area (Å²) in [4.78, 5) is 11.9. The molecule has 1 atom stereocenters. The summed E-state index contributed by atoms with van der Waals surface area (Å²) in [5.74, 6) is 2.69. The smallest absolute Gasteiger partial charge is 0.235 e. The Morgan fingerprint density at radius 2 is 1.79 bits per heavy atom. The van der Waals surface area contributed by atoms with Gasteiger partial charge in [0, 0.05) is 22.9 Å². The molecule has 3 rings (SSSR count).